The lowest BCUT2D eigenvalue weighted by molar-refractivity contribution is -0.145. The number of piperidine rings is 1. The summed E-state index contributed by atoms with van der Waals surface area (Å²) in [6.45, 7) is 4.97. The number of fused-ring (bicyclic) bond motifs is 1. The Morgan fingerprint density at radius 2 is 1.84 bits per heavy atom. The van der Waals surface area contributed by atoms with Gasteiger partial charge in [0.25, 0.3) is 0 Å². The molecular formula is C26H30N2O4. The zero-order chi connectivity index (χ0) is 22.7. The average Bonchev–Trinajstić information content (AvgIpc) is 3.06. The second-order valence-electron chi connectivity index (χ2n) is 8.20. The minimum atomic E-state index is -0.260. The maximum atomic E-state index is 12.9. The molecule has 1 fully saturated rings. The quantitative estimate of drug-likeness (QED) is 0.675. The standard InChI is InChI=1S/C26H30N2O4/c1-4-32-24(29)16-28-17(2)21(25-22(28)13-14-27-26(25)30)15-18-9-5-6-10-19(18)20-11-7-8-12-23(20)31-3/h5-12,22,25H,4,13-16H2,1-3H3,(H,27,30). The Balaban J connectivity index is 1.72. The van der Waals surface area contributed by atoms with Gasteiger partial charge in [-0.25, -0.2) is 0 Å². The van der Waals surface area contributed by atoms with E-state index in [-0.39, 0.29) is 30.4 Å². The molecule has 4 rings (SSSR count). The summed E-state index contributed by atoms with van der Waals surface area (Å²) >= 11 is 0. The van der Waals surface area contributed by atoms with E-state index < -0.39 is 0 Å². The van der Waals surface area contributed by atoms with Crippen molar-refractivity contribution >= 4 is 11.9 Å². The summed E-state index contributed by atoms with van der Waals surface area (Å²) in [5.74, 6) is 0.335. The fourth-order valence-corrected chi connectivity index (χ4v) is 5.01. The molecule has 0 bridgehead atoms. The molecule has 2 aromatic rings. The third-order valence-electron chi connectivity index (χ3n) is 6.48. The van der Waals surface area contributed by atoms with Crippen molar-refractivity contribution in [3.63, 3.8) is 0 Å². The van der Waals surface area contributed by atoms with Crippen LogP contribution in [0.5, 0.6) is 5.75 Å². The zero-order valence-electron chi connectivity index (χ0n) is 18.9. The number of carbonyl (C=O) groups excluding carboxylic acids is 2. The molecule has 2 heterocycles. The molecule has 1 saturated heterocycles. The summed E-state index contributed by atoms with van der Waals surface area (Å²) in [4.78, 5) is 27.3. The lowest BCUT2D eigenvalue weighted by atomic mass is 9.84. The van der Waals surface area contributed by atoms with Gasteiger partial charge >= 0.3 is 5.97 Å². The van der Waals surface area contributed by atoms with Gasteiger partial charge in [-0.1, -0.05) is 42.5 Å². The Hall–Kier alpha value is -3.28. The molecule has 2 aliphatic rings. The Bertz CT molecular complexity index is 1050. The molecular weight excluding hydrogens is 404 g/mol. The van der Waals surface area contributed by atoms with Crippen LogP contribution in [0.2, 0.25) is 0 Å². The lowest BCUT2D eigenvalue weighted by Gasteiger charge is -2.34. The highest BCUT2D eigenvalue weighted by Crippen LogP contribution is 2.41. The van der Waals surface area contributed by atoms with Crippen LogP contribution >= 0.6 is 0 Å². The van der Waals surface area contributed by atoms with Gasteiger partial charge in [-0.05, 0) is 49.5 Å². The van der Waals surface area contributed by atoms with Crippen LogP contribution in [0.15, 0.2) is 59.8 Å². The summed E-state index contributed by atoms with van der Waals surface area (Å²) in [7, 11) is 1.68. The van der Waals surface area contributed by atoms with Gasteiger partial charge in [0.1, 0.15) is 12.3 Å². The van der Waals surface area contributed by atoms with Crippen LogP contribution in [-0.2, 0) is 20.7 Å². The first-order chi connectivity index (χ1) is 15.5. The van der Waals surface area contributed by atoms with Crippen LogP contribution < -0.4 is 10.1 Å². The number of para-hydroxylation sites is 1. The van der Waals surface area contributed by atoms with E-state index in [9.17, 15) is 9.59 Å². The van der Waals surface area contributed by atoms with E-state index in [0.29, 0.717) is 19.6 Å². The van der Waals surface area contributed by atoms with E-state index in [4.69, 9.17) is 9.47 Å². The van der Waals surface area contributed by atoms with Gasteiger partial charge in [0.15, 0.2) is 0 Å². The van der Waals surface area contributed by atoms with Crippen LogP contribution in [-0.4, -0.2) is 49.6 Å². The van der Waals surface area contributed by atoms with Crippen molar-refractivity contribution in [2.75, 3.05) is 26.8 Å². The SMILES string of the molecule is CCOC(=O)CN1C(C)=C(Cc2ccccc2-c2ccccc2OC)C2C(=O)NCCC21. The first kappa shape index (κ1) is 21.9. The smallest absolute Gasteiger partial charge is 0.325 e. The molecule has 2 unspecified atom stereocenters. The van der Waals surface area contributed by atoms with Crippen LogP contribution in [0.3, 0.4) is 0 Å². The van der Waals surface area contributed by atoms with Crippen LogP contribution in [0.25, 0.3) is 11.1 Å². The second-order valence-corrected chi connectivity index (χ2v) is 8.20. The average molecular weight is 435 g/mol. The Labute approximate surface area is 189 Å². The minimum absolute atomic E-state index is 0.0124. The van der Waals surface area contributed by atoms with Crippen molar-refractivity contribution in [1.29, 1.82) is 0 Å². The fourth-order valence-electron chi connectivity index (χ4n) is 5.01. The molecule has 1 amide bonds. The van der Waals surface area contributed by atoms with Crippen molar-refractivity contribution in [3.05, 3.63) is 65.4 Å². The second kappa shape index (κ2) is 9.47. The highest BCUT2D eigenvalue weighted by atomic mass is 16.5. The molecule has 6 nitrogen and oxygen atoms in total. The van der Waals surface area contributed by atoms with Gasteiger partial charge in [0.05, 0.1) is 19.6 Å². The van der Waals surface area contributed by atoms with Gasteiger partial charge in [-0.2, -0.15) is 0 Å². The Morgan fingerprint density at radius 3 is 2.59 bits per heavy atom. The number of benzene rings is 2. The molecule has 2 aliphatic heterocycles. The number of nitrogens with zero attached hydrogens (tertiary/aromatic N) is 1. The third-order valence-corrected chi connectivity index (χ3v) is 6.48. The highest BCUT2D eigenvalue weighted by Gasteiger charge is 2.45. The Kier molecular flexibility index (Phi) is 6.49. The van der Waals surface area contributed by atoms with Gasteiger partial charge < -0.3 is 19.7 Å². The number of carbonyl (C=O) groups is 2. The van der Waals surface area contributed by atoms with E-state index in [1.807, 2.05) is 44.2 Å². The van der Waals surface area contributed by atoms with Gasteiger partial charge in [-0.3, -0.25) is 9.59 Å². The number of nitrogens with one attached hydrogen (secondary N) is 1. The molecule has 0 saturated carbocycles. The number of hydrogen-bond acceptors (Lipinski definition) is 5. The molecule has 6 heteroatoms. The van der Waals surface area contributed by atoms with Gasteiger partial charge in [-0.15, -0.1) is 0 Å². The predicted molar refractivity (Wildman–Crippen MR) is 123 cm³/mol. The third kappa shape index (κ3) is 4.09. The number of amides is 1. The summed E-state index contributed by atoms with van der Waals surface area (Å²) in [6, 6.07) is 16.2. The first-order valence-corrected chi connectivity index (χ1v) is 11.2. The molecule has 2 atom stereocenters. The number of methoxy groups -OCH3 is 1. The lowest BCUT2D eigenvalue weighted by Crippen LogP contribution is -2.49. The number of allylic oxidation sites excluding steroid dienone is 1. The molecule has 0 aliphatic carbocycles. The molecule has 0 radical (unpaired) electrons. The number of esters is 1. The number of ether oxygens (including phenoxy) is 2. The molecule has 0 spiro atoms. The zero-order valence-corrected chi connectivity index (χ0v) is 18.9. The van der Waals surface area contributed by atoms with Crippen molar-refractivity contribution in [1.82, 2.24) is 10.2 Å². The van der Waals surface area contributed by atoms with Crippen molar-refractivity contribution in [2.45, 2.75) is 32.7 Å². The van der Waals surface area contributed by atoms with E-state index in [0.717, 1.165) is 40.1 Å². The molecule has 0 aromatic heterocycles. The van der Waals surface area contributed by atoms with Crippen LogP contribution in [0.4, 0.5) is 0 Å². The molecule has 32 heavy (non-hydrogen) atoms. The topological polar surface area (TPSA) is 67.9 Å². The van der Waals surface area contributed by atoms with Crippen LogP contribution in [0.1, 0.15) is 25.8 Å². The number of rotatable bonds is 7. The van der Waals surface area contributed by atoms with Crippen molar-refractivity contribution in [2.24, 2.45) is 5.92 Å². The largest absolute Gasteiger partial charge is 0.496 e. The van der Waals surface area contributed by atoms with E-state index in [1.165, 1.54) is 0 Å². The van der Waals surface area contributed by atoms with E-state index >= 15 is 0 Å². The highest BCUT2D eigenvalue weighted by molar-refractivity contribution is 5.85. The summed E-state index contributed by atoms with van der Waals surface area (Å²) in [6.07, 6.45) is 1.44. The summed E-state index contributed by atoms with van der Waals surface area (Å²) < 4.78 is 10.8. The normalized spacial score (nSPS) is 20.1. The minimum Gasteiger partial charge on any atom is -0.496 e. The van der Waals surface area contributed by atoms with Crippen molar-refractivity contribution < 1.29 is 19.1 Å². The van der Waals surface area contributed by atoms with Crippen molar-refractivity contribution in [3.8, 4) is 16.9 Å². The first-order valence-electron chi connectivity index (χ1n) is 11.2. The number of hydrogen-bond donors (Lipinski definition) is 1. The molecule has 1 N–H and O–H groups in total. The maximum absolute atomic E-state index is 12.9. The van der Waals surface area contributed by atoms with Crippen LogP contribution in [0, 0.1) is 5.92 Å². The Morgan fingerprint density at radius 1 is 1.12 bits per heavy atom. The van der Waals surface area contributed by atoms with Gasteiger partial charge in [0, 0.05) is 23.8 Å². The maximum Gasteiger partial charge on any atom is 0.325 e. The monoisotopic (exact) mass is 434 g/mol. The van der Waals surface area contributed by atoms with Gasteiger partial charge in [0.2, 0.25) is 5.91 Å². The van der Waals surface area contributed by atoms with E-state index in [1.54, 1.807) is 7.11 Å². The predicted octanol–water partition coefficient (Wildman–Crippen LogP) is 3.56. The molecule has 168 valence electrons. The fraction of sp³-hybridized carbons (Fsp3) is 0.385. The summed E-state index contributed by atoms with van der Waals surface area (Å²) in [5, 5.41) is 3.02. The van der Waals surface area contributed by atoms with E-state index in [2.05, 4.69) is 28.4 Å². The summed E-state index contributed by atoms with van der Waals surface area (Å²) in [5.41, 5.74) is 5.30. The molecule has 2 aromatic carbocycles.